The van der Waals surface area contributed by atoms with E-state index in [0.717, 1.165) is 37.3 Å². The molecule has 1 unspecified atom stereocenters. The SMILES string of the molecule is COc1cc2c(cc1OC)C(CCc1c[nH]c3ccccc13)N(C)CCC2. The molecule has 4 nitrogen and oxygen atoms in total. The van der Waals surface area contributed by atoms with E-state index in [1.54, 1.807) is 14.2 Å². The lowest BCUT2D eigenvalue weighted by molar-refractivity contribution is 0.238. The lowest BCUT2D eigenvalue weighted by atomic mass is 9.93. The molecule has 1 aromatic heterocycles. The second-order valence-corrected chi connectivity index (χ2v) is 7.40. The number of aryl methyl sites for hydroxylation is 2. The van der Waals surface area contributed by atoms with E-state index in [1.807, 2.05) is 0 Å². The minimum absolute atomic E-state index is 0.385. The van der Waals surface area contributed by atoms with Gasteiger partial charge in [-0.25, -0.2) is 0 Å². The summed E-state index contributed by atoms with van der Waals surface area (Å²) < 4.78 is 11.1. The van der Waals surface area contributed by atoms with E-state index in [2.05, 4.69) is 59.5 Å². The molecule has 27 heavy (non-hydrogen) atoms. The number of fused-ring (bicyclic) bond motifs is 2. The van der Waals surface area contributed by atoms with E-state index >= 15 is 0 Å². The summed E-state index contributed by atoms with van der Waals surface area (Å²) >= 11 is 0. The topological polar surface area (TPSA) is 37.5 Å². The van der Waals surface area contributed by atoms with Gasteiger partial charge in [0, 0.05) is 23.1 Å². The van der Waals surface area contributed by atoms with Crippen LogP contribution in [0.2, 0.25) is 0 Å². The van der Waals surface area contributed by atoms with Crippen LogP contribution in [0, 0.1) is 0 Å². The highest BCUT2D eigenvalue weighted by Gasteiger charge is 2.25. The highest BCUT2D eigenvalue weighted by Crippen LogP contribution is 2.39. The molecule has 1 aliphatic heterocycles. The van der Waals surface area contributed by atoms with Crippen LogP contribution in [0.15, 0.2) is 42.6 Å². The van der Waals surface area contributed by atoms with Crippen LogP contribution >= 0.6 is 0 Å². The van der Waals surface area contributed by atoms with Crippen LogP contribution in [0.4, 0.5) is 0 Å². The third-order valence-electron chi connectivity index (χ3n) is 5.86. The molecule has 1 N–H and O–H groups in total. The molecule has 0 amide bonds. The summed E-state index contributed by atoms with van der Waals surface area (Å²) in [5.74, 6) is 1.65. The molecule has 0 fully saturated rings. The molecule has 0 spiro atoms. The molecule has 2 heterocycles. The molecular weight excluding hydrogens is 336 g/mol. The van der Waals surface area contributed by atoms with Gasteiger partial charge in [-0.15, -0.1) is 0 Å². The van der Waals surface area contributed by atoms with Crippen molar-refractivity contribution in [1.29, 1.82) is 0 Å². The molecule has 0 saturated carbocycles. The Morgan fingerprint density at radius 2 is 1.89 bits per heavy atom. The molecule has 0 saturated heterocycles. The minimum Gasteiger partial charge on any atom is -0.493 e. The Bertz CT molecular complexity index is 931. The van der Waals surface area contributed by atoms with Crippen molar-refractivity contribution in [3.8, 4) is 11.5 Å². The van der Waals surface area contributed by atoms with Crippen LogP contribution in [0.5, 0.6) is 11.5 Å². The second kappa shape index (κ2) is 7.65. The van der Waals surface area contributed by atoms with Gasteiger partial charge in [0.25, 0.3) is 0 Å². The van der Waals surface area contributed by atoms with Gasteiger partial charge < -0.3 is 14.5 Å². The highest BCUT2D eigenvalue weighted by molar-refractivity contribution is 5.83. The quantitative estimate of drug-likeness (QED) is 0.711. The van der Waals surface area contributed by atoms with E-state index in [9.17, 15) is 0 Å². The fraction of sp³-hybridized carbons (Fsp3) is 0.391. The number of benzene rings is 2. The van der Waals surface area contributed by atoms with Crippen LogP contribution in [-0.4, -0.2) is 37.7 Å². The molecule has 0 radical (unpaired) electrons. The average Bonchev–Trinajstić information content (AvgIpc) is 3.04. The molecule has 4 rings (SSSR count). The first-order valence-corrected chi connectivity index (χ1v) is 9.71. The fourth-order valence-electron chi connectivity index (χ4n) is 4.38. The Balaban J connectivity index is 1.65. The normalized spacial score (nSPS) is 17.5. The first kappa shape index (κ1) is 17.9. The maximum absolute atomic E-state index is 5.59. The maximum atomic E-state index is 5.59. The van der Waals surface area contributed by atoms with Gasteiger partial charge >= 0.3 is 0 Å². The average molecular weight is 364 g/mol. The predicted molar refractivity (Wildman–Crippen MR) is 110 cm³/mol. The van der Waals surface area contributed by atoms with Gasteiger partial charge in [0.15, 0.2) is 11.5 Å². The van der Waals surface area contributed by atoms with Gasteiger partial charge in [0.2, 0.25) is 0 Å². The van der Waals surface area contributed by atoms with Gasteiger partial charge in [-0.2, -0.15) is 0 Å². The van der Waals surface area contributed by atoms with E-state index in [4.69, 9.17) is 9.47 Å². The summed E-state index contributed by atoms with van der Waals surface area (Å²) in [7, 11) is 5.67. The highest BCUT2D eigenvalue weighted by atomic mass is 16.5. The van der Waals surface area contributed by atoms with Crippen molar-refractivity contribution < 1.29 is 9.47 Å². The number of nitrogens with zero attached hydrogens (tertiary/aromatic N) is 1. The first-order chi connectivity index (χ1) is 13.2. The Morgan fingerprint density at radius 1 is 1.11 bits per heavy atom. The summed E-state index contributed by atoms with van der Waals surface area (Å²) in [5, 5.41) is 1.33. The number of hydrogen-bond acceptors (Lipinski definition) is 3. The Hall–Kier alpha value is -2.46. The monoisotopic (exact) mass is 364 g/mol. The van der Waals surface area contributed by atoms with Crippen molar-refractivity contribution in [2.75, 3.05) is 27.8 Å². The minimum atomic E-state index is 0.385. The predicted octanol–water partition coefficient (Wildman–Crippen LogP) is 4.74. The van der Waals surface area contributed by atoms with Crippen LogP contribution in [0.3, 0.4) is 0 Å². The van der Waals surface area contributed by atoms with Gasteiger partial charge in [-0.05, 0) is 74.2 Å². The van der Waals surface area contributed by atoms with Crippen LogP contribution in [0.1, 0.15) is 35.6 Å². The molecule has 3 aromatic rings. The van der Waals surface area contributed by atoms with E-state index in [-0.39, 0.29) is 0 Å². The third-order valence-corrected chi connectivity index (χ3v) is 5.86. The molecule has 4 heteroatoms. The van der Waals surface area contributed by atoms with Crippen molar-refractivity contribution in [2.24, 2.45) is 0 Å². The lowest BCUT2D eigenvalue weighted by Crippen LogP contribution is -2.25. The van der Waals surface area contributed by atoms with Crippen LogP contribution in [0.25, 0.3) is 10.9 Å². The van der Waals surface area contributed by atoms with E-state index in [0.29, 0.717) is 6.04 Å². The Morgan fingerprint density at radius 3 is 2.70 bits per heavy atom. The number of aromatic nitrogens is 1. The van der Waals surface area contributed by atoms with Crippen molar-refractivity contribution in [3.63, 3.8) is 0 Å². The molecule has 1 atom stereocenters. The van der Waals surface area contributed by atoms with Crippen molar-refractivity contribution in [1.82, 2.24) is 9.88 Å². The zero-order valence-electron chi connectivity index (χ0n) is 16.4. The van der Waals surface area contributed by atoms with Gasteiger partial charge in [-0.3, -0.25) is 4.90 Å². The summed E-state index contributed by atoms with van der Waals surface area (Å²) in [5.41, 5.74) is 5.38. The smallest absolute Gasteiger partial charge is 0.161 e. The molecular formula is C23H28N2O2. The van der Waals surface area contributed by atoms with E-state index < -0.39 is 0 Å². The standard InChI is InChI=1S/C23H28N2O2/c1-25-12-6-7-16-13-22(26-2)23(27-3)14-19(16)21(25)11-10-17-15-24-20-9-5-4-8-18(17)20/h4-5,8-9,13-15,21,24H,6-7,10-12H2,1-3H3. The Kier molecular flexibility index (Phi) is 5.08. The molecule has 0 aliphatic carbocycles. The number of H-pyrrole nitrogens is 1. The number of hydrogen-bond donors (Lipinski definition) is 1. The zero-order chi connectivity index (χ0) is 18.8. The van der Waals surface area contributed by atoms with Crippen molar-refractivity contribution >= 4 is 10.9 Å². The number of rotatable bonds is 5. The number of nitrogens with one attached hydrogen (secondary N) is 1. The molecule has 2 aromatic carbocycles. The summed E-state index contributed by atoms with van der Waals surface area (Å²) in [6, 6.07) is 13.3. The molecule has 0 bridgehead atoms. The zero-order valence-corrected chi connectivity index (χ0v) is 16.4. The van der Waals surface area contributed by atoms with Crippen molar-refractivity contribution in [3.05, 3.63) is 59.3 Å². The number of para-hydroxylation sites is 1. The summed E-state index contributed by atoms with van der Waals surface area (Å²) in [6.45, 7) is 1.11. The molecule has 142 valence electrons. The largest absolute Gasteiger partial charge is 0.493 e. The van der Waals surface area contributed by atoms with Crippen LogP contribution in [-0.2, 0) is 12.8 Å². The molecule has 1 aliphatic rings. The number of ether oxygens (including phenoxy) is 2. The lowest BCUT2D eigenvalue weighted by Gasteiger charge is -2.28. The first-order valence-electron chi connectivity index (χ1n) is 9.71. The summed E-state index contributed by atoms with van der Waals surface area (Å²) in [6.07, 6.45) is 6.55. The number of methoxy groups -OCH3 is 2. The number of aromatic amines is 1. The fourth-order valence-corrected chi connectivity index (χ4v) is 4.38. The third kappa shape index (κ3) is 3.42. The van der Waals surface area contributed by atoms with Gasteiger partial charge in [0.1, 0.15) is 0 Å². The van der Waals surface area contributed by atoms with Crippen molar-refractivity contribution in [2.45, 2.75) is 31.7 Å². The maximum Gasteiger partial charge on any atom is 0.161 e. The van der Waals surface area contributed by atoms with Gasteiger partial charge in [-0.1, -0.05) is 18.2 Å². The second-order valence-electron chi connectivity index (χ2n) is 7.40. The summed E-state index contributed by atoms with van der Waals surface area (Å²) in [4.78, 5) is 5.89. The van der Waals surface area contributed by atoms with Gasteiger partial charge in [0.05, 0.1) is 14.2 Å². The van der Waals surface area contributed by atoms with Crippen LogP contribution < -0.4 is 9.47 Å². The Labute approximate surface area is 161 Å². The van der Waals surface area contributed by atoms with E-state index in [1.165, 1.54) is 34.0 Å².